The number of nitrogens with zero attached hydrogens (tertiary/aromatic N) is 2. The van der Waals surface area contributed by atoms with E-state index in [-0.39, 0.29) is 24.2 Å². The molecule has 10 heteroatoms. The lowest BCUT2D eigenvalue weighted by Crippen LogP contribution is -2.36. The average Bonchev–Trinajstić information content (AvgIpc) is 3.27. The van der Waals surface area contributed by atoms with E-state index in [4.69, 9.17) is 19.2 Å². The van der Waals surface area contributed by atoms with Gasteiger partial charge in [0.25, 0.3) is 12.0 Å². The van der Waals surface area contributed by atoms with Gasteiger partial charge in [0.1, 0.15) is 24.9 Å². The molecule has 0 radical (unpaired) electrons. The van der Waals surface area contributed by atoms with Gasteiger partial charge in [-0.2, -0.15) is 0 Å². The maximum atomic E-state index is 13.7. The van der Waals surface area contributed by atoms with Crippen LogP contribution in [0.25, 0.3) is 22.3 Å². The molecule has 212 valence electrons. The van der Waals surface area contributed by atoms with Crippen LogP contribution in [-0.2, 0) is 49.8 Å². The number of nitrogens with one attached hydrogen (secondary N) is 1. The second-order valence-corrected chi connectivity index (χ2v) is 10.7. The van der Waals surface area contributed by atoms with E-state index in [0.29, 0.717) is 23.5 Å². The minimum absolute atomic E-state index is 0.208. The zero-order valence-corrected chi connectivity index (χ0v) is 23.8. The summed E-state index contributed by atoms with van der Waals surface area (Å²) in [6.07, 6.45) is 0.0484. The first kappa shape index (κ1) is 28.8. The van der Waals surface area contributed by atoms with E-state index >= 15 is 0 Å². The van der Waals surface area contributed by atoms with Crippen molar-refractivity contribution in [1.82, 2.24) is 14.9 Å². The molecule has 1 N–H and O–H groups in total. The number of pyridine rings is 2. The van der Waals surface area contributed by atoms with Gasteiger partial charge in [-0.15, -0.1) is 0 Å². The van der Waals surface area contributed by atoms with Crippen LogP contribution in [0.4, 0.5) is 4.79 Å². The molecule has 1 atom stereocenters. The van der Waals surface area contributed by atoms with Crippen molar-refractivity contribution in [1.29, 1.82) is 0 Å². The van der Waals surface area contributed by atoms with Gasteiger partial charge in [0.2, 0.25) is 0 Å². The lowest BCUT2D eigenvalue weighted by molar-refractivity contribution is -0.147. The molecule has 1 aliphatic rings. The molecule has 0 saturated heterocycles. The summed E-state index contributed by atoms with van der Waals surface area (Å²) >= 11 is 0. The fourth-order valence-corrected chi connectivity index (χ4v) is 5.03. The highest BCUT2D eigenvalue weighted by Gasteiger charge is 2.30. The highest BCUT2D eigenvalue weighted by molar-refractivity contribution is 5.88. The Bertz CT molecular complexity index is 1540. The largest absolute Gasteiger partial charge is 0.463 e. The number of amides is 1. The molecule has 4 rings (SSSR count). The number of rotatable bonds is 9. The number of fused-ring (bicyclic) bond motifs is 4. The first-order valence-electron chi connectivity index (χ1n) is 13.4. The van der Waals surface area contributed by atoms with Crippen molar-refractivity contribution in [2.75, 3.05) is 6.54 Å². The minimum Gasteiger partial charge on any atom is -0.463 e. The Labute approximate surface area is 232 Å². The lowest BCUT2D eigenvalue weighted by atomic mass is 9.96. The van der Waals surface area contributed by atoms with Gasteiger partial charge in [0, 0.05) is 16.5 Å². The second-order valence-electron chi connectivity index (χ2n) is 10.7. The number of esters is 1. The van der Waals surface area contributed by atoms with E-state index in [0.717, 1.165) is 34.9 Å². The van der Waals surface area contributed by atoms with Gasteiger partial charge in [0.05, 0.1) is 29.0 Å². The molecule has 2 aromatic heterocycles. The molecule has 1 amide bonds. The summed E-state index contributed by atoms with van der Waals surface area (Å²) in [5.74, 6) is -0.717. The number of carbonyl (C=O) groups is 3. The van der Waals surface area contributed by atoms with Crippen molar-refractivity contribution in [3.63, 3.8) is 0 Å². The van der Waals surface area contributed by atoms with E-state index < -0.39 is 30.3 Å². The van der Waals surface area contributed by atoms with Crippen LogP contribution in [-0.4, -0.2) is 40.2 Å². The van der Waals surface area contributed by atoms with Crippen molar-refractivity contribution in [2.24, 2.45) is 0 Å². The second kappa shape index (κ2) is 11.5. The molecule has 0 spiro atoms. The molecule has 0 unspecified atom stereocenters. The average molecular weight is 550 g/mol. The van der Waals surface area contributed by atoms with Gasteiger partial charge in [-0.1, -0.05) is 19.9 Å². The number of ether oxygens (including phenoxy) is 3. The number of aryl methyl sites for hydroxylation is 2. The number of carbonyl (C=O) groups excluding carboxylic acids is 3. The maximum absolute atomic E-state index is 13.7. The van der Waals surface area contributed by atoms with Crippen molar-refractivity contribution in [2.45, 2.75) is 79.2 Å². The van der Waals surface area contributed by atoms with E-state index in [1.54, 1.807) is 38.3 Å². The van der Waals surface area contributed by atoms with Crippen molar-refractivity contribution < 1.29 is 28.6 Å². The molecule has 10 nitrogen and oxygen atoms in total. The Hall–Kier alpha value is -4.21. The monoisotopic (exact) mass is 549 g/mol. The predicted octanol–water partition coefficient (Wildman–Crippen LogP) is 4.35. The summed E-state index contributed by atoms with van der Waals surface area (Å²) in [5, 5.41) is 3.44. The molecule has 0 bridgehead atoms. The van der Waals surface area contributed by atoms with E-state index in [1.807, 2.05) is 6.07 Å². The van der Waals surface area contributed by atoms with Gasteiger partial charge in [-0.05, 0) is 69.9 Å². The van der Waals surface area contributed by atoms with Gasteiger partial charge in [-0.25, -0.2) is 9.78 Å². The number of benzene rings is 1. The number of aromatic nitrogens is 2. The first-order valence-corrected chi connectivity index (χ1v) is 13.4. The van der Waals surface area contributed by atoms with Crippen LogP contribution in [0.5, 0.6) is 0 Å². The topological polar surface area (TPSA) is 126 Å². The smallest absolute Gasteiger partial charge is 0.408 e. The van der Waals surface area contributed by atoms with Crippen LogP contribution < -0.4 is 10.9 Å². The standard InChI is InChI=1S/C30H35N3O7/c1-7-18-9-10-24-21(11-18)19(8-2)22-14-33-25(27(22)32-24)12-20(23(28(33)36)15-38-16-34)17(3)39-26(35)13-31-29(37)40-30(4,5)6/h9-12,16-17H,7-8,13-15H2,1-6H3,(H,31,37)/t17-/m1/s1. The minimum atomic E-state index is -0.876. The van der Waals surface area contributed by atoms with E-state index in [9.17, 15) is 19.2 Å². The number of hydrogen-bond donors (Lipinski definition) is 1. The lowest BCUT2D eigenvalue weighted by Gasteiger charge is -2.20. The molecule has 1 aliphatic heterocycles. The van der Waals surface area contributed by atoms with E-state index in [1.165, 1.54) is 5.56 Å². The van der Waals surface area contributed by atoms with E-state index in [2.05, 4.69) is 31.3 Å². The number of alkyl carbamates (subject to hydrolysis) is 1. The van der Waals surface area contributed by atoms with Crippen LogP contribution in [0.1, 0.15) is 75.5 Å². The molecule has 0 aliphatic carbocycles. The Morgan fingerprint density at radius 2 is 1.90 bits per heavy atom. The van der Waals surface area contributed by atoms with Crippen molar-refractivity contribution >= 4 is 29.4 Å². The van der Waals surface area contributed by atoms with Crippen molar-refractivity contribution in [3.8, 4) is 11.4 Å². The molecular weight excluding hydrogens is 514 g/mol. The quantitative estimate of drug-likeness (QED) is 0.186. The Morgan fingerprint density at radius 1 is 1.15 bits per heavy atom. The van der Waals surface area contributed by atoms with Crippen LogP contribution in [0.15, 0.2) is 29.1 Å². The van der Waals surface area contributed by atoms with Gasteiger partial charge >= 0.3 is 12.1 Å². The third-order valence-electron chi connectivity index (χ3n) is 6.84. The Balaban J connectivity index is 1.71. The summed E-state index contributed by atoms with van der Waals surface area (Å²) in [4.78, 5) is 54.1. The van der Waals surface area contributed by atoms with Gasteiger partial charge in [0.15, 0.2) is 0 Å². The number of hydrogen-bond acceptors (Lipinski definition) is 8. The molecular formula is C30H35N3O7. The predicted molar refractivity (Wildman–Crippen MR) is 149 cm³/mol. The van der Waals surface area contributed by atoms with Gasteiger partial charge in [-0.3, -0.25) is 14.4 Å². The highest BCUT2D eigenvalue weighted by atomic mass is 16.6. The first-order chi connectivity index (χ1) is 19.0. The van der Waals surface area contributed by atoms with Crippen LogP contribution in [0.2, 0.25) is 0 Å². The summed E-state index contributed by atoms with van der Waals surface area (Å²) in [5.41, 5.74) is 5.04. The highest BCUT2D eigenvalue weighted by Crippen LogP contribution is 2.37. The van der Waals surface area contributed by atoms with Crippen LogP contribution >= 0.6 is 0 Å². The third-order valence-corrected chi connectivity index (χ3v) is 6.84. The fraction of sp³-hybridized carbons (Fsp3) is 0.433. The summed E-state index contributed by atoms with van der Waals surface area (Å²) in [7, 11) is 0. The zero-order chi connectivity index (χ0) is 29.2. The van der Waals surface area contributed by atoms with Crippen LogP contribution in [0.3, 0.4) is 0 Å². The maximum Gasteiger partial charge on any atom is 0.408 e. The third kappa shape index (κ3) is 5.85. The molecule has 0 fully saturated rings. The Kier molecular flexibility index (Phi) is 8.27. The summed E-state index contributed by atoms with van der Waals surface area (Å²) in [6.45, 7) is 10.9. The summed E-state index contributed by atoms with van der Waals surface area (Å²) in [6, 6.07) is 7.99. The van der Waals surface area contributed by atoms with Gasteiger partial charge < -0.3 is 24.1 Å². The zero-order valence-electron chi connectivity index (χ0n) is 23.8. The van der Waals surface area contributed by atoms with Crippen molar-refractivity contribution in [3.05, 3.63) is 62.4 Å². The SMILES string of the molecule is CCc1ccc2nc3c(c(CC)c2c1)Cn1c-3cc([C@@H](C)OC(=O)CNC(=O)OC(C)(C)C)c(COC=O)c1=O. The molecule has 1 aromatic carbocycles. The Morgan fingerprint density at radius 3 is 2.55 bits per heavy atom. The molecule has 3 aromatic rings. The molecule has 3 heterocycles. The normalized spacial score (nSPS) is 12.8. The van der Waals surface area contributed by atoms with Crippen LogP contribution in [0, 0.1) is 0 Å². The molecule has 0 saturated carbocycles. The molecule has 40 heavy (non-hydrogen) atoms. The summed E-state index contributed by atoms with van der Waals surface area (Å²) < 4.78 is 17.3. The fourth-order valence-electron chi connectivity index (χ4n) is 5.03.